The minimum absolute atomic E-state index is 0.111. The van der Waals surface area contributed by atoms with Gasteiger partial charge < -0.3 is 4.57 Å². The molecule has 0 aliphatic heterocycles. The summed E-state index contributed by atoms with van der Waals surface area (Å²) in [6, 6.07) is 5.67. The molecule has 0 aliphatic carbocycles. The quantitative estimate of drug-likeness (QED) is 0.803. The Labute approximate surface area is 128 Å². The summed E-state index contributed by atoms with van der Waals surface area (Å²) in [6.07, 6.45) is 0.842. The molecule has 0 N–H and O–H groups in total. The fourth-order valence-electron chi connectivity index (χ4n) is 1.78. The van der Waals surface area contributed by atoms with E-state index in [0.29, 0.717) is 5.02 Å². The number of halogens is 5. The zero-order valence-corrected chi connectivity index (χ0v) is 12.8. The standard InChI is InChI=1S/C12H8Cl2F3NO2S/c1-18-6-9(21(19,20)12(15,16)17)10(11(18)14)7-2-4-8(13)5-3-7/h2-6H,1H3. The van der Waals surface area contributed by atoms with E-state index in [-0.39, 0.29) is 16.3 Å². The molecule has 21 heavy (non-hydrogen) atoms. The van der Waals surface area contributed by atoms with Crippen LogP contribution in [-0.2, 0) is 16.9 Å². The van der Waals surface area contributed by atoms with Crippen LogP contribution >= 0.6 is 23.2 Å². The van der Waals surface area contributed by atoms with Gasteiger partial charge in [-0.15, -0.1) is 0 Å². The molecule has 0 fully saturated rings. The van der Waals surface area contributed by atoms with Gasteiger partial charge in [-0.1, -0.05) is 35.3 Å². The number of nitrogens with zero attached hydrogens (tertiary/aromatic N) is 1. The summed E-state index contributed by atoms with van der Waals surface area (Å²) in [5, 5.41) is 0.256. The highest BCUT2D eigenvalue weighted by Crippen LogP contribution is 2.41. The Morgan fingerprint density at radius 2 is 1.62 bits per heavy atom. The van der Waals surface area contributed by atoms with Crippen molar-refractivity contribution in [2.75, 3.05) is 0 Å². The van der Waals surface area contributed by atoms with Crippen molar-refractivity contribution in [1.82, 2.24) is 4.57 Å². The fourth-order valence-corrected chi connectivity index (χ4v) is 3.25. The van der Waals surface area contributed by atoms with Crippen molar-refractivity contribution >= 4 is 33.0 Å². The van der Waals surface area contributed by atoms with Crippen LogP contribution in [0, 0.1) is 0 Å². The third kappa shape index (κ3) is 2.77. The Balaban J connectivity index is 2.76. The van der Waals surface area contributed by atoms with Crippen molar-refractivity contribution in [3.8, 4) is 11.1 Å². The lowest BCUT2D eigenvalue weighted by molar-refractivity contribution is -0.0435. The van der Waals surface area contributed by atoms with Crippen molar-refractivity contribution < 1.29 is 21.6 Å². The van der Waals surface area contributed by atoms with E-state index in [0.717, 1.165) is 10.8 Å². The van der Waals surface area contributed by atoms with Crippen molar-refractivity contribution in [2.24, 2.45) is 7.05 Å². The summed E-state index contributed by atoms with van der Waals surface area (Å²) < 4.78 is 62.7. The van der Waals surface area contributed by atoms with Crippen molar-refractivity contribution in [2.45, 2.75) is 10.4 Å². The van der Waals surface area contributed by atoms with Gasteiger partial charge in [0.1, 0.15) is 10.0 Å². The fraction of sp³-hybridized carbons (Fsp3) is 0.167. The molecule has 0 spiro atoms. The topological polar surface area (TPSA) is 39.1 Å². The zero-order valence-electron chi connectivity index (χ0n) is 10.4. The summed E-state index contributed by atoms with van der Waals surface area (Å²) in [5.41, 5.74) is -5.38. The lowest BCUT2D eigenvalue weighted by Crippen LogP contribution is -2.23. The summed E-state index contributed by atoms with van der Waals surface area (Å²) in [5.74, 6) is 0. The molecule has 9 heteroatoms. The Morgan fingerprint density at radius 1 is 1.10 bits per heavy atom. The number of sulfone groups is 1. The molecular formula is C12H8Cl2F3NO2S. The predicted molar refractivity (Wildman–Crippen MR) is 74.1 cm³/mol. The molecule has 114 valence electrons. The Bertz CT molecular complexity index is 780. The van der Waals surface area contributed by atoms with E-state index in [2.05, 4.69) is 0 Å². The third-order valence-corrected chi connectivity index (χ3v) is 5.01. The molecule has 0 saturated carbocycles. The molecule has 0 saturated heterocycles. The second-order valence-electron chi connectivity index (χ2n) is 4.23. The molecule has 1 aromatic carbocycles. The zero-order chi connectivity index (χ0) is 16.0. The predicted octanol–water partition coefficient (Wildman–Crippen LogP) is 4.29. The summed E-state index contributed by atoms with van der Waals surface area (Å²) in [4.78, 5) is -0.884. The molecule has 0 atom stereocenters. The lowest BCUT2D eigenvalue weighted by Gasteiger charge is -2.09. The van der Waals surface area contributed by atoms with Crippen molar-refractivity contribution in [3.05, 3.63) is 40.6 Å². The van der Waals surface area contributed by atoms with Gasteiger partial charge in [-0.3, -0.25) is 0 Å². The first-order valence-electron chi connectivity index (χ1n) is 5.48. The molecular weight excluding hydrogens is 350 g/mol. The number of hydrogen-bond donors (Lipinski definition) is 0. The van der Waals surface area contributed by atoms with E-state index in [1.807, 2.05) is 0 Å². The third-order valence-electron chi connectivity index (χ3n) is 2.80. The molecule has 0 unspecified atom stereocenters. The highest BCUT2D eigenvalue weighted by molar-refractivity contribution is 7.92. The van der Waals surface area contributed by atoms with E-state index < -0.39 is 20.2 Å². The number of alkyl halides is 3. The molecule has 1 aromatic heterocycles. The molecule has 2 rings (SSSR count). The highest BCUT2D eigenvalue weighted by atomic mass is 35.5. The largest absolute Gasteiger partial charge is 0.501 e. The Hall–Kier alpha value is -1.18. The summed E-state index contributed by atoms with van der Waals surface area (Å²) in [6.45, 7) is 0. The van der Waals surface area contributed by atoms with Crippen LogP contribution in [-0.4, -0.2) is 18.5 Å². The highest BCUT2D eigenvalue weighted by Gasteiger charge is 2.49. The number of hydrogen-bond acceptors (Lipinski definition) is 2. The van der Waals surface area contributed by atoms with Crippen LogP contribution in [0.1, 0.15) is 0 Å². The Kier molecular flexibility index (Phi) is 4.03. The van der Waals surface area contributed by atoms with E-state index in [9.17, 15) is 21.6 Å². The average Bonchev–Trinajstić information content (AvgIpc) is 2.66. The molecule has 2 aromatic rings. The first-order valence-corrected chi connectivity index (χ1v) is 7.71. The van der Waals surface area contributed by atoms with Crippen LogP contribution in [0.5, 0.6) is 0 Å². The maximum atomic E-state index is 12.8. The van der Waals surface area contributed by atoms with Gasteiger partial charge in [0, 0.05) is 23.8 Å². The smallest absolute Gasteiger partial charge is 0.340 e. The first kappa shape index (κ1) is 16.2. The molecule has 0 bridgehead atoms. The minimum Gasteiger partial charge on any atom is -0.340 e. The summed E-state index contributed by atoms with van der Waals surface area (Å²) >= 11 is 11.7. The van der Waals surface area contributed by atoms with Crippen molar-refractivity contribution in [1.29, 1.82) is 0 Å². The molecule has 0 radical (unpaired) electrons. The number of aryl methyl sites for hydroxylation is 1. The van der Waals surface area contributed by atoms with Crippen LogP contribution in [0.15, 0.2) is 35.4 Å². The van der Waals surface area contributed by atoms with Crippen LogP contribution in [0.25, 0.3) is 11.1 Å². The van der Waals surface area contributed by atoms with Gasteiger partial charge in [0.25, 0.3) is 9.84 Å². The van der Waals surface area contributed by atoms with E-state index in [1.165, 1.54) is 31.3 Å². The SMILES string of the molecule is Cn1cc(S(=O)(=O)C(F)(F)F)c(-c2ccc(Cl)cc2)c1Cl. The number of aromatic nitrogens is 1. The first-order chi connectivity index (χ1) is 9.55. The second-order valence-corrected chi connectivity index (χ2v) is 6.93. The summed E-state index contributed by atoms with van der Waals surface area (Å²) in [7, 11) is -4.15. The number of benzene rings is 1. The van der Waals surface area contributed by atoms with Crippen LogP contribution in [0.3, 0.4) is 0 Å². The van der Waals surface area contributed by atoms with Gasteiger partial charge in [0.2, 0.25) is 0 Å². The molecule has 3 nitrogen and oxygen atoms in total. The molecule has 1 heterocycles. The van der Waals surface area contributed by atoms with Gasteiger partial charge >= 0.3 is 5.51 Å². The van der Waals surface area contributed by atoms with Crippen LogP contribution in [0.4, 0.5) is 13.2 Å². The lowest BCUT2D eigenvalue weighted by atomic mass is 10.1. The van der Waals surface area contributed by atoms with Gasteiger partial charge in [-0.25, -0.2) is 8.42 Å². The van der Waals surface area contributed by atoms with Crippen LogP contribution < -0.4 is 0 Å². The second kappa shape index (κ2) is 5.23. The van der Waals surface area contributed by atoms with Gasteiger partial charge in [0.05, 0.1) is 0 Å². The normalized spacial score (nSPS) is 12.7. The van der Waals surface area contributed by atoms with E-state index in [1.54, 1.807) is 0 Å². The van der Waals surface area contributed by atoms with Gasteiger partial charge in [-0.2, -0.15) is 13.2 Å². The molecule has 0 amide bonds. The maximum Gasteiger partial charge on any atom is 0.501 e. The van der Waals surface area contributed by atoms with Gasteiger partial charge in [0.15, 0.2) is 0 Å². The average molecular weight is 358 g/mol. The van der Waals surface area contributed by atoms with Gasteiger partial charge in [-0.05, 0) is 17.7 Å². The maximum absolute atomic E-state index is 12.8. The van der Waals surface area contributed by atoms with E-state index >= 15 is 0 Å². The number of rotatable bonds is 2. The molecule has 0 aliphatic rings. The van der Waals surface area contributed by atoms with Crippen molar-refractivity contribution in [3.63, 3.8) is 0 Å². The Morgan fingerprint density at radius 3 is 2.10 bits per heavy atom. The van der Waals surface area contributed by atoms with E-state index in [4.69, 9.17) is 23.2 Å². The van der Waals surface area contributed by atoms with Crippen LogP contribution in [0.2, 0.25) is 10.2 Å². The monoisotopic (exact) mass is 357 g/mol. The minimum atomic E-state index is -5.51.